The molecule has 6 rings (SSSR count). The maximum Gasteiger partial charge on any atom is 0.203 e. The van der Waals surface area contributed by atoms with Gasteiger partial charge in [-0.25, -0.2) is 0 Å². The third-order valence-corrected chi connectivity index (χ3v) is 12.6. The number of aliphatic hydroxyl groups excluding tert-OH is 2. The van der Waals surface area contributed by atoms with E-state index in [0.29, 0.717) is 11.5 Å². The zero-order valence-electron chi connectivity index (χ0n) is 30.2. The molecule has 7 nitrogen and oxygen atoms in total. The Morgan fingerprint density at radius 3 is 2.22 bits per heavy atom. The van der Waals surface area contributed by atoms with Gasteiger partial charge in [-0.3, -0.25) is 14.4 Å². The van der Waals surface area contributed by atoms with Crippen LogP contribution >= 0.6 is 0 Å². The predicted octanol–water partition coefficient (Wildman–Crippen LogP) is 8.35. The first-order valence-corrected chi connectivity index (χ1v) is 18.1. The van der Waals surface area contributed by atoms with Gasteiger partial charge in [0.25, 0.3) is 0 Å². The van der Waals surface area contributed by atoms with E-state index in [0.717, 1.165) is 36.0 Å². The molecule has 49 heavy (non-hydrogen) atoms. The molecule has 2 saturated carbocycles. The van der Waals surface area contributed by atoms with Gasteiger partial charge in [-0.15, -0.1) is 0 Å². The number of aliphatic hydroxyl groups is 3. The summed E-state index contributed by atoms with van der Waals surface area (Å²) < 4.78 is 0. The number of benzene rings is 2. The van der Waals surface area contributed by atoms with Gasteiger partial charge in [-0.05, 0) is 91.0 Å². The third-order valence-electron chi connectivity index (χ3n) is 12.6. The molecule has 4 atom stereocenters. The van der Waals surface area contributed by atoms with E-state index in [1.54, 1.807) is 20.8 Å². The van der Waals surface area contributed by atoms with E-state index < -0.39 is 56.8 Å². The van der Waals surface area contributed by atoms with Crippen molar-refractivity contribution in [2.45, 2.75) is 112 Å². The molecule has 7 heteroatoms. The van der Waals surface area contributed by atoms with Crippen LogP contribution in [-0.4, -0.2) is 43.4 Å². The van der Waals surface area contributed by atoms with Crippen molar-refractivity contribution in [1.82, 2.24) is 0 Å². The Hall–Kier alpha value is -3.71. The van der Waals surface area contributed by atoms with E-state index in [1.165, 1.54) is 31.2 Å². The van der Waals surface area contributed by atoms with Gasteiger partial charge in [0.15, 0.2) is 17.2 Å². The average Bonchev–Trinajstić information content (AvgIpc) is 3.00. The third kappa shape index (κ3) is 5.13. The number of phenolic OH excluding ortho intramolecular Hbond substituents is 1. The second-order valence-corrected chi connectivity index (χ2v) is 16.9. The number of carbonyl (C=O) groups excluding carboxylic acids is 3. The highest BCUT2D eigenvalue weighted by Gasteiger charge is 2.72. The van der Waals surface area contributed by atoms with Crippen LogP contribution in [0.1, 0.15) is 116 Å². The number of carbonyl (C=O) groups is 3. The summed E-state index contributed by atoms with van der Waals surface area (Å²) >= 11 is 0. The maximum atomic E-state index is 14.8. The molecule has 0 bridgehead atoms. The standard InChI is InChI=1S/C42H52O7/c1-21(2)28-18-29(27-11-9-10-26(17-27)16-25-14-12-23(5)13-15-25)35(44)32-30(28)19-40(7)20-41(8)33(22(3)4)36(45)31(24(6)43)38(47)42(41,49)39(48)34(40)37(32)46/h9-11,17-18,21-23,25,33,44,46-47,49H,12-16,19-20H2,1-8H3/t23?,25?,33?,40-,41-,42+/m1/s1. The van der Waals surface area contributed by atoms with Crippen molar-refractivity contribution in [3.05, 3.63) is 69.5 Å². The summed E-state index contributed by atoms with van der Waals surface area (Å²) in [7, 11) is 0. The van der Waals surface area contributed by atoms with Crippen molar-refractivity contribution in [3.8, 4) is 16.9 Å². The lowest BCUT2D eigenvalue weighted by Crippen LogP contribution is -2.69. The zero-order valence-corrected chi connectivity index (χ0v) is 30.2. The molecule has 2 aromatic carbocycles. The van der Waals surface area contributed by atoms with Gasteiger partial charge in [-0.2, -0.15) is 0 Å². The Morgan fingerprint density at radius 1 is 0.980 bits per heavy atom. The molecule has 4 aliphatic carbocycles. The number of hydrogen-bond donors (Lipinski definition) is 4. The Balaban J connectivity index is 1.53. The smallest absolute Gasteiger partial charge is 0.203 e. The van der Waals surface area contributed by atoms with Crippen LogP contribution in [0.15, 0.2) is 47.2 Å². The summed E-state index contributed by atoms with van der Waals surface area (Å²) in [5.41, 5.74) is -1.47. The normalized spacial score (nSPS) is 31.6. The lowest BCUT2D eigenvalue weighted by atomic mass is 9.43. The van der Waals surface area contributed by atoms with E-state index in [4.69, 9.17) is 0 Å². The molecule has 0 radical (unpaired) electrons. The monoisotopic (exact) mass is 668 g/mol. The van der Waals surface area contributed by atoms with E-state index in [-0.39, 0.29) is 41.6 Å². The average molecular weight is 669 g/mol. The second-order valence-electron chi connectivity index (χ2n) is 16.9. The molecule has 262 valence electrons. The van der Waals surface area contributed by atoms with Crippen molar-refractivity contribution in [2.75, 3.05) is 0 Å². The van der Waals surface area contributed by atoms with Crippen molar-refractivity contribution in [1.29, 1.82) is 0 Å². The largest absolute Gasteiger partial charge is 0.508 e. The summed E-state index contributed by atoms with van der Waals surface area (Å²) in [4.78, 5) is 41.3. The highest BCUT2D eigenvalue weighted by Crippen LogP contribution is 2.65. The van der Waals surface area contributed by atoms with Gasteiger partial charge >= 0.3 is 0 Å². The minimum Gasteiger partial charge on any atom is -0.508 e. The van der Waals surface area contributed by atoms with Gasteiger partial charge in [0.05, 0.1) is 5.56 Å². The first kappa shape index (κ1) is 35.1. The van der Waals surface area contributed by atoms with Gasteiger partial charge in [-0.1, -0.05) is 85.6 Å². The summed E-state index contributed by atoms with van der Waals surface area (Å²) in [6.45, 7) is 14.7. The highest BCUT2D eigenvalue weighted by molar-refractivity contribution is 6.24. The fourth-order valence-electron chi connectivity index (χ4n) is 10.3. The van der Waals surface area contributed by atoms with Gasteiger partial charge < -0.3 is 20.4 Å². The maximum absolute atomic E-state index is 14.8. The Labute approximate surface area is 290 Å². The minimum atomic E-state index is -2.63. The number of fused-ring (bicyclic) bond motifs is 3. The molecule has 1 unspecified atom stereocenters. The Morgan fingerprint density at radius 2 is 1.63 bits per heavy atom. The first-order valence-electron chi connectivity index (χ1n) is 18.1. The fourth-order valence-corrected chi connectivity index (χ4v) is 10.3. The van der Waals surface area contributed by atoms with Crippen molar-refractivity contribution >= 4 is 23.1 Å². The zero-order chi connectivity index (χ0) is 36.0. The molecule has 2 aromatic rings. The van der Waals surface area contributed by atoms with Crippen molar-refractivity contribution < 1.29 is 34.8 Å². The van der Waals surface area contributed by atoms with Crippen LogP contribution < -0.4 is 0 Å². The number of phenols is 1. The summed E-state index contributed by atoms with van der Waals surface area (Å²) in [6.07, 6.45) is 6.20. The molecule has 0 aromatic heterocycles. The van der Waals surface area contributed by atoms with Crippen LogP contribution in [0.3, 0.4) is 0 Å². The minimum absolute atomic E-state index is 0.00930. The van der Waals surface area contributed by atoms with Crippen LogP contribution in [0.2, 0.25) is 0 Å². The Kier molecular flexibility index (Phi) is 8.58. The highest BCUT2D eigenvalue weighted by atomic mass is 16.3. The fraction of sp³-hybridized carbons (Fsp3) is 0.548. The van der Waals surface area contributed by atoms with Crippen LogP contribution in [0.5, 0.6) is 5.75 Å². The van der Waals surface area contributed by atoms with Crippen molar-refractivity contribution in [3.63, 3.8) is 0 Å². The molecular formula is C42H52O7. The molecule has 0 spiro atoms. The van der Waals surface area contributed by atoms with Crippen molar-refractivity contribution in [2.24, 2.45) is 34.5 Å². The second kappa shape index (κ2) is 12.0. The lowest BCUT2D eigenvalue weighted by molar-refractivity contribution is -0.178. The first-order chi connectivity index (χ1) is 22.9. The molecule has 0 saturated heterocycles. The predicted molar refractivity (Wildman–Crippen MR) is 190 cm³/mol. The van der Waals surface area contributed by atoms with E-state index in [2.05, 4.69) is 32.9 Å². The summed E-state index contributed by atoms with van der Waals surface area (Å²) in [5.74, 6) is -3.71. The number of hydrogen-bond acceptors (Lipinski definition) is 7. The number of Topliss-reactive ketones (excluding diaryl/α,β-unsaturated/α-hetero) is 3. The van der Waals surface area contributed by atoms with Crippen LogP contribution in [0, 0.1) is 34.5 Å². The molecule has 4 N–H and O–H groups in total. The number of aromatic hydroxyl groups is 1. The SMILES string of the molecule is CC(=O)C1=C(O)[C@]2(O)C(=O)C3=C(O)c4c(O)c(-c5cccc(CC6CCC(C)CC6)c5)cc(C(C)C)c4C[C@]3(C)C[C@]2(C)C(C(C)C)C1=O. The van der Waals surface area contributed by atoms with Gasteiger partial charge in [0.2, 0.25) is 5.78 Å². The van der Waals surface area contributed by atoms with E-state index in [9.17, 15) is 34.8 Å². The molecular weight excluding hydrogens is 616 g/mol. The molecule has 0 heterocycles. The van der Waals surface area contributed by atoms with E-state index >= 15 is 0 Å². The topological polar surface area (TPSA) is 132 Å². The number of rotatable bonds is 6. The van der Waals surface area contributed by atoms with Crippen LogP contribution in [-0.2, 0) is 27.2 Å². The van der Waals surface area contributed by atoms with Gasteiger partial charge in [0, 0.05) is 27.9 Å². The molecule has 0 aliphatic heterocycles. The molecule has 0 amide bonds. The molecule has 4 aliphatic rings. The lowest BCUT2D eigenvalue weighted by Gasteiger charge is -2.60. The summed E-state index contributed by atoms with van der Waals surface area (Å²) in [6, 6.07) is 10.2. The van der Waals surface area contributed by atoms with Crippen LogP contribution in [0.25, 0.3) is 16.9 Å². The van der Waals surface area contributed by atoms with Gasteiger partial charge in [0.1, 0.15) is 22.8 Å². The quantitative estimate of drug-likeness (QED) is 0.228. The molecule has 2 fully saturated rings. The van der Waals surface area contributed by atoms with E-state index in [1.807, 2.05) is 25.1 Å². The summed E-state index contributed by atoms with van der Waals surface area (Å²) in [5, 5.41) is 48.1. The number of allylic oxidation sites excluding steroid dienone is 1. The number of ketones is 3. The van der Waals surface area contributed by atoms with Crippen LogP contribution in [0.4, 0.5) is 0 Å². The Bertz CT molecular complexity index is 1820.